The second-order valence-corrected chi connectivity index (χ2v) is 10.3. The maximum Gasteiger partial charge on any atom is 0.401 e. The molecular weight excluding hydrogens is 485 g/mol. The lowest BCUT2D eigenvalue weighted by Gasteiger charge is -2.39. The van der Waals surface area contributed by atoms with Crippen molar-refractivity contribution in [3.05, 3.63) is 40.8 Å². The predicted molar refractivity (Wildman–Crippen MR) is 132 cm³/mol. The van der Waals surface area contributed by atoms with Crippen molar-refractivity contribution in [1.29, 1.82) is 0 Å². The molecule has 1 atom stereocenters. The zero-order valence-corrected chi connectivity index (χ0v) is 21.2. The number of thioether (sulfide) groups is 1. The molecule has 0 spiro atoms. The van der Waals surface area contributed by atoms with Gasteiger partial charge in [0.1, 0.15) is 5.41 Å². The van der Waals surface area contributed by atoms with Gasteiger partial charge in [-0.25, -0.2) is 8.78 Å². The number of benzene rings is 1. The molecule has 1 fully saturated rings. The SMILES string of the molecule is C=N/C(=C\SCNC(=O)CC1CCC(NCC(C)(C(C)(F)F)C(F)(F)F)CC1)c1ccc(C)cc1. The molecule has 0 aromatic heterocycles. The molecule has 0 bridgehead atoms. The molecule has 0 saturated heterocycles. The van der Waals surface area contributed by atoms with E-state index in [-0.39, 0.29) is 17.9 Å². The van der Waals surface area contributed by atoms with Gasteiger partial charge >= 0.3 is 6.18 Å². The van der Waals surface area contributed by atoms with Crippen molar-refractivity contribution in [3.63, 3.8) is 0 Å². The zero-order valence-electron chi connectivity index (χ0n) is 20.4. The number of nitrogens with one attached hydrogen (secondary N) is 2. The van der Waals surface area contributed by atoms with Crippen LogP contribution in [-0.2, 0) is 4.79 Å². The molecule has 1 aromatic carbocycles. The second kappa shape index (κ2) is 12.3. The monoisotopic (exact) mass is 519 g/mol. The van der Waals surface area contributed by atoms with Crippen LogP contribution in [0.4, 0.5) is 22.0 Å². The van der Waals surface area contributed by atoms with E-state index in [1.165, 1.54) is 11.8 Å². The maximum absolute atomic E-state index is 13.7. The summed E-state index contributed by atoms with van der Waals surface area (Å²) in [6.07, 6.45) is -2.30. The third kappa shape index (κ3) is 8.31. The highest BCUT2D eigenvalue weighted by molar-refractivity contribution is 8.02. The molecular formula is C25H34F5N3OS. The highest BCUT2D eigenvalue weighted by atomic mass is 32.2. The summed E-state index contributed by atoms with van der Waals surface area (Å²) in [7, 11) is 0. The van der Waals surface area contributed by atoms with Crippen LogP contribution in [0.25, 0.3) is 5.70 Å². The van der Waals surface area contributed by atoms with Crippen LogP contribution in [0.5, 0.6) is 0 Å². The van der Waals surface area contributed by atoms with Crippen LogP contribution in [0.15, 0.2) is 34.7 Å². The van der Waals surface area contributed by atoms with Crippen LogP contribution >= 0.6 is 11.8 Å². The normalized spacial score (nSPS) is 21.3. The molecule has 0 heterocycles. The van der Waals surface area contributed by atoms with Crippen molar-refractivity contribution in [3.8, 4) is 0 Å². The van der Waals surface area contributed by atoms with E-state index >= 15 is 0 Å². The molecule has 2 N–H and O–H groups in total. The van der Waals surface area contributed by atoms with Gasteiger partial charge in [-0.3, -0.25) is 9.79 Å². The summed E-state index contributed by atoms with van der Waals surface area (Å²) in [4.78, 5) is 16.3. The number of hydrogen-bond acceptors (Lipinski definition) is 4. The van der Waals surface area contributed by atoms with E-state index in [0.29, 0.717) is 51.8 Å². The number of carbonyl (C=O) groups is 1. The lowest BCUT2D eigenvalue weighted by molar-refractivity contribution is -0.285. The zero-order chi connectivity index (χ0) is 26.3. The van der Waals surface area contributed by atoms with Crippen molar-refractivity contribution in [2.24, 2.45) is 16.3 Å². The third-order valence-electron chi connectivity index (χ3n) is 6.72. The van der Waals surface area contributed by atoms with Gasteiger partial charge in [-0.2, -0.15) is 13.2 Å². The van der Waals surface area contributed by atoms with E-state index in [2.05, 4.69) is 22.3 Å². The van der Waals surface area contributed by atoms with Crippen molar-refractivity contribution in [2.45, 2.75) is 71.0 Å². The van der Waals surface area contributed by atoms with Gasteiger partial charge in [-0.15, -0.1) is 11.8 Å². The largest absolute Gasteiger partial charge is 0.401 e. The van der Waals surface area contributed by atoms with Crippen LogP contribution in [-0.4, -0.2) is 43.2 Å². The highest BCUT2D eigenvalue weighted by Gasteiger charge is 2.63. The summed E-state index contributed by atoms with van der Waals surface area (Å²) >= 11 is 1.40. The first-order valence-electron chi connectivity index (χ1n) is 11.6. The van der Waals surface area contributed by atoms with Gasteiger partial charge in [0.15, 0.2) is 0 Å². The van der Waals surface area contributed by atoms with Crippen LogP contribution < -0.4 is 10.6 Å². The minimum absolute atomic E-state index is 0.0963. The Hall–Kier alpha value is -1.94. The fourth-order valence-corrected chi connectivity index (χ4v) is 4.62. The van der Waals surface area contributed by atoms with Crippen molar-refractivity contribution < 1.29 is 26.7 Å². The lowest BCUT2D eigenvalue weighted by Crippen LogP contribution is -2.56. The van der Waals surface area contributed by atoms with Gasteiger partial charge < -0.3 is 10.6 Å². The molecule has 10 heteroatoms. The number of aliphatic imine (C=N–C) groups is 1. The number of alkyl halides is 5. The van der Waals surface area contributed by atoms with E-state index in [1.807, 2.05) is 36.6 Å². The molecule has 35 heavy (non-hydrogen) atoms. The summed E-state index contributed by atoms with van der Waals surface area (Å²) in [6.45, 7) is 5.61. The van der Waals surface area contributed by atoms with Crippen molar-refractivity contribution >= 4 is 30.1 Å². The summed E-state index contributed by atoms with van der Waals surface area (Å²) in [5.41, 5.74) is -0.335. The molecule has 196 valence electrons. The first-order valence-corrected chi connectivity index (χ1v) is 12.6. The van der Waals surface area contributed by atoms with E-state index in [4.69, 9.17) is 0 Å². The van der Waals surface area contributed by atoms with Gasteiger partial charge in [0.05, 0.1) is 11.6 Å². The fourth-order valence-electron chi connectivity index (χ4n) is 3.92. The smallest absolute Gasteiger partial charge is 0.347 e. The topological polar surface area (TPSA) is 53.5 Å². The van der Waals surface area contributed by atoms with E-state index in [0.717, 1.165) is 16.8 Å². The number of hydrogen-bond donors (Lipinski definition) is 2. The molecule has 1 aromatic rings. The highest BCUT2D eigenvalue weighted by Crippen LogP contribution is 2.48. The predicted octanol–water partition coefficient (Wildman–Crippen LogP) is 6.56. The lowest BCUT2D eigenvalue weighted by atomic mass is 9.81. The molecule has 4 nitrogen and oxygen atoms in total. The number of carbonyl (C=O) groups excluding carboxylic acids is 1. The Morgan fingerprint density at radius 3 is 2.23 bits per heavy atom. The number of rotatable bonds is 11. The first-order chi connectivity index (χ1) is 16.3. The Morgan fingerprint density at radius 2 is 1.71 bits per heavy atom. The van der Waals surface area contributed by atoms with E-state index < -0.39 is 24.1 Å². The van der Waals surface area contributed by atoms with Crippen molar-refractivity contribution in [1.82, 2.24) is 10.6 Å². The summed E-state index contributed by atoms with van der Waals surface area (Å²) < 4.78 is 67.2. The molecule has 1 aliphatic carbocycles. The van der Waals surface area contributed by atoms with Crippen LogP contribution in [0, 0.1) is 18.3 Å². The number of nitrogens with zero attached hydrogens (tertiary/aromatic N) is 1. The summed E-state index contributed by atoms with van der Waals surface area (Å²) in [5, 5.41) is 7.39. The van der Waals surface area contributed by atoms with E-state index in [1.54, 1.807) is 0 Å². The van der Waals surface area contributed by atoms with Gasteiger partial charge in [0.2, 0.25) is 5.91 Å². The van der Waals surface area contributed by atoms with E-state index in [9.17, 15) is 26.7 Å². The molecule has 1 amide bonds. The summed E-state index contributed by atoms with van der Waals surface area (Å²) in [6, 6.07) is 7.61. The second-order valence-electron chi connectivity index (χ2n) is 9.46. The Labute approximate surface area is 208 Å². The fraction of sp³-hybridized carbons (Fsp3) is 0.600. The summed E-state index contributed by atoms with van der Waals surface area (Å²) in [5.74, 6) is -3.50. The van der Waals surface area contributed by atoms with Crippen LogP contribution in [0.2, 0.25) is 0 Å². The van der Waals surface area contributed by atoms with Gasteiger partial charge in [0.25, 0.3) is 5.92 Å². The molecule has 0 aliphatic heterocycles. The van der Waals surface area contributed by atoms with Gasteiger partial charge in [0, 0.05) is 31.5 Å². The van der Waals surface area contributed by atoms with Crippen LogP contribution in [0.1, 0.15) is 57.1 Å². The molecule has 1 unspecified atom stereocenters. The van der Waals surface area contributed by atoms with Crippen molar-refractivity contribution in [2.75, 3.05) is 12.4 Å². The van der Waals surface area contributed by atoms with Crippen LogP contribution in [0.3, 0.4) is 0 Å². The Kier molecular flexibility index (Phi) is 10.3. The first kappa shape index (κ1) is 29.3. The molecule has 0 radical (unpaired) electrons. The minimum atomic E-state index is -5.02. The average Bonchev–Trinajstić information content (AvgIpc) is 2.77. The molecule has 1 saturated carbocycles. The number of aryl methyl sites for hydroxylation is 1. The number of halogens is 5. The molecule has 1 aliphatic rings. The Morgan fingerprint density at radius 1 is 1.11 bits per heavy atom. The quantitative estimate of drug-likeness (QED) is 0.151. The Balaban J connectivity index is 1.73. The van der Waals surface area contributed by atoms with Gasteiger partial charge in [-0.05, 0) is 57.6 Å². The standard InChI is InChI=1S/C25H34F5N3OS/c1-17-5-9-19(10-6-17)21(31-4)14-35-16-33-22(34)13-18-7-11-20(12-8-18)32-15-23(2,24(3,26)27)25(28,29)30/h5-6,9-10,14,18,20,32H,4,7-8,11-13,15-16H2,1-3H3,(H,33,34)/b21-14-. The number of amides is 1. The maximum atomic E-state index is 13.7. The van der Waals surface area contributed by atoms with Gasteiger partial charge in [-0.1, -0.05) is 29.8 Å². The third-order valence-corrected chi connectivity index (χ3v) is 7.43. The Bertz CT molecular complexity index is 859. The molecule has 2 rings (SSSR count). The average molecular weight is 520 g/mol. The minimum Gasteiger partial charge on any atom is -0.347 e.